The van der Waals surface area contributed by atoms with E-state index in [9.17, 15) is 13.2 Å². The number of amides is 1. The van der Waals surface area contributed by atoms with Crippen molar-refractivity contribution >= 4 is 21.6 Å². The van der Waals surface area contributed by atoms with E-state index < -0.39 is 10.0 Å². The van der Waals surface area contributed by atoms with Gasteiger partial charge in [0.25, 0.3) is 0 Å². The van der Waals surface area contributed by atoms with Gasteiger partial charge in [-0.2, -0.15) is 4.31 Å². The summed E-state index contributed by atoms with van der Waals surface area (Å²) in [6, 6.07) is 4.98. The second-order valence-corrected chi connectivity index (χ2v) is 7.91. The van der Waals surface area contributed by atoms with Gasteiger partial charge in [-0.25, -0.2) is 8.42 Å². The average molecular weight is 323 g/mol. The Bertz CT molecular complexity index is 687. The molecule has 1 unspecified atom stereocenters. The summed E-state index contributed by atoms with van der Waals surface area (Å²) < 4.78 is 27.0. The van der Waals surface area contributed by atoms with E-state index in [1.807, 2.05) is 0 Å². The molecule has 1 aromatic rings. The number of rotatable bonds is 3. The first-order valence-electron chi connectivity index (χ1n) is 7.63. The lowest BCUT2D eigenvalue weighted by atomic mass is 10.1. The lowest BCUT2D eigenvalue weighted by Crippen LogP contribution is -2.30. The molecule has 22 heavy (non-hydrogen) atoms. The quantitative estimate of drug-likeness (QED) is 0.865. The Morgan fingerprint density at radius 2 is 2.14 bits per heavy atom. The van der Waals surface area contributed by atoms with Crippen molar-refractivity contribution < 1.29 is 13.2 Å². The molecule has 120 valence electrons. The van der Waals surface area contributed by atoms with Crippen molar-refractivity contribution in [2.75, 3.05) is 25.0 Å². The van der Waals surface area contributed by atoms with Crippen LogP contribution < -0.4 is 11.1 Å². The topological polar surface area (TPSA) is 92.5 Å². The molecule has 1 amide bonds. The molecule has 0 aliphatic carbocycles. The maximum Gasteiger partial charge on any atom is 0.243 e. The monoisotopic (exact) mass is 323 g/mol. The fourth-order valence-corrected chi connectivity index (χ4v) is 4.65. The van der Waals surface area contributed by atoms with E-state index in [4.69, 9.17) is 5.73 Å². The minimum absolute atomic E-state index is 0.0142. The molecular weight excluding hydrogens is 302 g/mol. The van der Waals surface area contributed by atoms with Gasteiger partial charge in [-0.15, -0.1) is 0 Å². The fourth-order valence-electron chi connectivity index (χ4n) is 3.07. The van der Waals surface area contributed by atoms with Crippen LogP contribution in [-0.4, -0.2) is 38.3 Å². The molecule has 0 bridgehead atoms. The number of hydrogen-bond acceptors (Lipinski definition) is 4. The summed E-state index contributed by atoms with van der Waals surface area (Å²) in [7, 11) is -3.48. The van der Waals surface area contributed by atoms with Gasteiger partial charge in [0, 0.05) is 25.2 Å². The summed E-state index contributed by atoms with van der Waals surface area (Å²) in [6.45, 7) is 1.53. The fraction of sp³-hybridized carbons (Fsp3) is 0.533. The highest BCUT2D eigenvalue weighted by molar-refractivity contribution is 7.89. The molecule has 7 heteroatoms. The lowest BCUT2D eigenvalue weighted by molar-refractivity contribution is -0.116. The molecule has 3 N–H and O–H groups in total. The van der Waals surface area contributed by atoms with E-state index in [-0.39, 0.29) is 11.8 Å². The van der Waals surface area contributed by atoms with Crippen LogP contribution in [0.4, 0.5) is 5.69 Å². The third kappa shape index (κ3) is 2.88. The molecule has 2 heterocycles. The highest BCUT2D eigenvalue weighted by Crippen LogP contribution is 2.29. The van der Waals surface area contributed by atoms with Crippen molar-refractivity contribution in [3.8, 4) is 0 Å². The number of anilines is 1. The van der Waals surface area contributed by atoms with Crippen molar-refractivity contribution in [1.82, 2.24) is 4.31 Å². The number of sulfonamides is 1. The zero-order valence-electron chi connectivity index (χ0n) is 12.4. The average Bonchev–Trinajstić information content (AvgIpc) is 2.90. The smallest absolute Gasteiger partial charge is 0.243 e. The summed E-state index contributed by atoms with van der Waals surface area (Å²) in [5.74, 6) is 0.231. The van der Waals surface area contributed by atoms with E-state index in [1.165, 1.54) is 4.31 Å². The number of nitrogens with zero attached hydrogens (tertiary/aromatic N) is 1. The molecule has 6 nitrogen and oxygen atoms in total. The Morgan fingerprint density at radius 3 is 2.86 bits per heavy atom. The first-order valence-corrected chi connectivity index (χ1v) is 9.07. The van der Waals surface area contributed by atoms with Crippen molar-refractivity contribution in [3.05, 3.63) is 23.8 Å². The van der Waals surface area contributed by atoms with Gasteiger partial charge in [0.05, 0.1) is 4.90 Å². The van der Waals surface area contributed by atoms with E-state index in [0.717, 1.165) is 24.1 Å². The largest absolute Gasteiger partial charge is 0.330 e. The molecule has 0 aromatic heterocycles. The maximum absolute atomic E-state index is 12.7. The van der Waals surface area contributed by atoms with Crippen molar-refractivity contribution in [3.63, 3.8) is 0 Å². The molecule has 1 aromatic carbocycles. The minimum atomic E-state index is -3.48. The Kier molecular flexibility index (Phi) is 4.20. The number of benzene rings is 1. The second kappa shape index (κ2) is 5.98. The summed E-state index contributed by atoms with van der Waals surface area (Å²) in [6.07, 6.45) is 2.74. The van der Waals surface area contributed by atoms with Crippen molar-refractivity contribution in [1.29, 1.82) is 0 Å². The van der Waals surface area contributed by atoms with Gasteiger partial charge in [0.1, 0.15) is 0 Å². The minimum Gasteiger partial charge on any atom is -0.330 e. The third-order valence-corrected chi connectivity index (χ3v) is 6.28. The third-order valence-electron chi connectivity index (χ3n) is 4.42. The summed E-state index contributed by atoms with van der Waals surface area (Å²) in [5.41, 5.74) is 7.25. The first-order chi connectivity index (χ1) is 10.5. The lowest BCUT2D eigenvalue weighted by Gasteiger charge is -2.17. The SMILES string of the molecule is NCC1CCN(S(=O)(=O)c2ccc3c(c2)CCCC(=O)N3)C1. The van der Waals surface area contributed by atoms with Gasteiger partial charge in [0.2, 0.25) is 15.9 Å². The van der Waals surface area contributed by atoms with Crippen LogP contribution in [0.5, 0.6) is 0 Å². The number of nitrogens with two attached hydrogens (primary N) is 1. The van der Waals surface area contributed by atoms with Crippen LogP contribution in [0.1, 0.15) is 24.8 Å². The zero-order chi connectivity index (χ0) is 15.7. The Labute approximate surface area is 130 Å². The first kappa shape index (κ1) is 15.5. The standard InChI is InChI=1S/C15H21N3O3S/c16-9-11-6-7-18(10-11)22(20,21)13-4-5-14-12(8-13)2-1-3-15(19)17-14/h4-5,8,11H,1-3,6-7,9-10,16H2,(H,17,19). The van der Waals surface area contributed by atoms with Crippen LogP contribution in [-0.2, 0) is 21.2 Å². The van der Waals surface area contributed by atoms with E-state index >= 15 is 0 Å². The van der Waals surface area contributed by atoms with Gasteiger partial charge in [-0.1, -0.05) is 0 Å². The molecule has 3 rings (SSSR count). The van der Waals surface area contributed by atoms with Crippen molar-refractivity contribution in [2.24, 2.45) is 11.7 Å². The van der Waals surface area contributed by atoms with Crippen molar-refractivity contribution in [2.45, 2.75) is 30.6 Å². The Hall–Kier alpha value is -1.44. The van der Waals surface area contributed by atoms with Gasteiger partial charge >= 0.3 is 0 Å². The zero-order valence-corrected chi connectivity index (χ0v) is 13.2. The van der Waals surface area contributed by atoms with Crippen LogP contribution >= 0.6 is 0 Å². The summed E-state index contributed by atoms with van der Waals surface area (Å²) >= 11 is 0. The summed E-state index contributed by atoms with van der Waals surface area (Å²) in [4.78, 5) is 11.9. The molecule has 0 radical (unpaired) electrons. The highest BCUT2D eigenvalue weighted by Gasteiger charge is 2.32. The molecule has 0 saturated carbocycles. The van der Waals surface area contributed by atoms with E-state index in [0.29, 0.717) is 37.4 Å². The Balaban J connectivity index is 1.89. The van der Waals surface area contributed by atoms with Gasteiger partial charge in [-0.05, 0) is 55.5 Å². The van der Waals surface area contributed by atoms with Crippen LogP contribution in [0, 0.1) is 5.92 Å². The molecule has 2 aliphatic rings. The molecule has 1 atom stereocenters. The van der Waals surface area contributed by atoms with Gasteiger partial charge in [-0.3, -0.25) is 4.79 Å². The number of aryl methyl sites for hydroxylation is 1. The molecular formula is C15H21N3O3S. The number of carbonyl (C=O) groups is 1. The molecule has 1 saturated heterocycles. The Morgan fingerprint density at radius 1 is 1.32 bits per heavy atom. The van der Waals surface area contributed by atoms with Gasteiger partial charge < -0.3 is 11.1 Å². The van der Waals surface area contributed by atoms with E-state index in [2.05, 4.69) is 5.32 Å². The number of carbonyl (C=O) groups excluding carboxylic acids is 1. The number of hydrogen-bond donors (Lipinski definition) is 2. The predicted molar refractivity (Wildman–Crippen MR) is 83.9 cm³/mol. The molecule has 2 aliphatic heterocycles. The maximum atomic E-state index is 12.7. The second-order valence-electron chi connectivity index (χ2n) is 5.97. The number of nitrogens with one attached hydrogen (secondary N) is 1. The van der Waals surface area contributed by atoms with Crippen LogP contribution in [0.3, 0.4) is 0 Å². The number of fused-ring (bicyclic) bond motifs is 1. The molecule has 0 spiro atoms. The predicted octanol–water partition coefficient (Wildman–Crippen LogP) is 0.931. The van der Waals surface area contributed by atoms with Gasteiger partial charge in [0.15, 0.2) is 0 Å². The van der Waals surface area contributed by atoms with Crippen LogP contribution in [0.15, 0.2) is 23.1 Å². The summed E-state index contributed by atoms with van der Waals surface area (Å²) in [5, 5.41) is 2.82. The van der Waals surface area contributed by atoms with Crippen LogP contribution in [0.2, 0.25) is 0 Å². The van der Waals surface area contributed by atoms with Crippen LogP contribution in [0.25, 0.3) is 0 Å². The molecule has 1 fully saturated rings. The van der Waals surface area contributed by atoms with E-state index in [1.54, 1.807) is 18.2 Å². The normalized spacial score (nSPS) is 23.0. The highest BCUT2D eigenvalue weighted by atomic mass is 32.2.